The van der Waals surface area contributed by atoms with Crippen LogP contribution >= 0.6 is 0 Å². The highest BCUT2D eigenvalue weighted by Crippen LogP contribution is 2.22. The molecule has 2 aromatic carbocycles. The van der Waals surface area contributed by atoms with E-state index < -0.39 is 23.5 Å². The van der Waals surface area contributed by atoms with Gasteiger partial charge in [0.1, 0.15) is 29.8 Å². The molecule has 2 N–H and O–H groups in total. The first-order chi connectivity index (χ1) is 9.49. The molecule has 2 aromatic rings. The highest BCUT2D eigenvalue weighted by atomic mass is 19.1. The van der Waals surface area contributed by atoms with Gasteiger partial charge in [0.2, 0.25) is 0 Å². The molecule has 2 rings (SSSR count). The molecule has 106 valence electrons. The van der Waals surface area contributed by atoms with Gasteiger partial charge in [-0.1, -0.05) is 12.1 Å². The van der Waals surface area contributed by atoms with E-state index in [0.717, 1.165) is 18.2 Å². The summed E-state index contributed by atoms with van der Waals surface area (Å²) in [4.78, 5) is 0. The summed E-state index contributed by atoms with van der Waals surface area (Å²) in [6.07, 6.45) is 0. The van der Waals surface area contributed by atoms with Crippen molar-refractivity contribution in [1.82, 2.24) is 0 Å². The van der Waals surface area contributed by atoms with Crippen LogP contribution in [0, 0.1) is 17.5 Å². The summed E-state index contributed by atoms with van der Waals surface area (Å²) in [5.74, 6) is -1.71. The first-order valence-corrected chi connectivity index (χ1v) is 6.09. The van der Waals surface area contributed by atoms with Gasteiger partial charge in [0, 0.05) is 17.7 Å². The maximum absolute atomic E-state index is 13.7. The number of halogens is 3. The summed E-state index contributed by atoms with van der Waals surface area (Å²) in [5, 5.41) is 0. The molecule has 0 amide bonds. The van der Waals surface area contributed by atoms with Crippen LogP contribution in [0.1, 0.15) is 24.1 Å². The number of hydrogen-bond acceptors (Lipinski definition) is 2. The predicted molar refractivity (Wildman–Crippen MR) is 69.7 cm³/mol. The number of rotatable bonds is 4. The standard InChI is InChI=1S/C15H14F3NO/c1-9(19)11-6-5-10(7-15(11)18)20-8-12-13(16)3-2-4-14(12)17/h2-7,9H,8,19H2,1H3. The van der Waals surface area contributed by atoms with Crippen molar-refractivity contribution < 1.29 is 17.9 Å². The van der Waals surface area contributed by atoms with Crippen molar-refractivity contribution in [2.75, 3.05) is 0 Å². The van der Waals surface area contributed by atoms with Gasteiger partial charge in [0.25, 0.3) is 0 Å². The minimum atomic E-state index is -0.697. The fourth-order valence-electron chi connectivity index (χ4n) is 1.79. The first kappa shape index (κ1) is 14.4. The Balaban J connectivity index is 2.14. The molecular formula is C15H14F3NO. The average molecular weight is 281 g/mol. The van der Waals surface area contributed by atoms with Crippen LogP contribution in [0.4, 0.5) is 13.2 Å². The van der Waals surface area contributed by atoms with E-state index in [2.05, 4.69) is 0 Å². The summed E-state index contributed by atoms with van der Waals surface area (Å²) >= 11 is 0. The molecule has 5 heteroatoms. The van der Waals surface area contributed by atoms with Gasteiger partial charge < -0.3 is 10.5 Å². The van der Waals surface area contributed by atoms with E-state index in [1.54, 1.807) is 6.92 Å². The third-order valence-electron chi connectivity index (χ3n) is 2.91. The minimum Gasteiger partial charge on any atom is -0.489 e. The molecule has 0 heterocycles. The van der Waals surface area contributed by atoms with Crippen LogP contribution in [-0.4, -0.2) is 0 Å². The van der Waals surface area contributed by atoms with Crippen molar-refractivity contribution in [2.24, 2.45) is 5.73 Å². The van der Waals surface area contributed by atoms with Crippen LogP contribution in [0.25, 0.3) is 0 Å². The lowest BCUT2D eigenvalue weighted by atomic mass is 10.1. The Kier molecular flexibility index (Phi) is 4.29. The van der Waals surface area contributed by atoms with Gasteiger partial charge in [-0.05, 0) is 25.1 Å². The molecule has 0 saturated carbocycles. The van der Waals surface area contributed by atoms with Crippen molar-refractivity contribution >= 4 is 0 Å². The second kappa shape index (κ2) is 5.96. The monoisotopic (exact) mass is 281 g/mol. The van der Waals surface area contributed by atoms with E-state index in [1.807, 2.05) is 0 Å². The summed E-state index contributed by atoms with van der Waals surface area (Å²) in [6.45, 7) is 1.35. The number of hydrogen-bond donors (Lipinski definition) is 1. The van der Waals surface area contributed by atoms with Crippen molar-refractivity contribution in [3.05, 3.63) is 65.0 Å². The van der Waals surface area contributed by atoms with Crippen LogP contribution in [0.15, 0.2) is 36.4 Å². The summed E-state index contributed by atoms with van der Waals surface area (Å²) < 4.78 is 45.7. The Hall–Kier alpha value is -2.01. The largest absolute Gasteiger partial charge is 0.489 e. The van der Waals surface area contributed by atoms with Crippen LogP contribution < -0.4 is 10.5 Å². The van der Waals surface area contributed by atoms with Gasteiger partial charge >= 0.3 is 0 Å². The molecule has 20 heavy (non-hydrogen) atoms. The van der Waals surface area contributed by atoms with Gasteiger partial charge in [0.05, 0.1) is 5.56 Å². The molecule has 0 bridgehead atoms. The quantitative estimate of drug-likeness (QED) is 0.927. The minimum absolute atomic E-state index is 0.189. The zero-order valence-corrected chi connectivity index (χ0v) is 10.9. The fourth-order valence-corrected chi connectivity index (χ4v) is 1.79. The molecule has 0 spiro atoms. The summed E-state index contributed by atoms with van der Waals surface area (Å²) in [6, 6.07) is 7.27. The third kappa shape index (κ3) is 3.11. The molecule has 0 fully saturated rings. The SMILES string of the molecule is CC(N)c1ccc(OCc2c(F)cccc2F)cc1F. The molecule has 0 aliphatic heterocycles. The smallest absolute Gasteiger partial charge is 0.132 e. The van der Waals surface area contributed by atoms with Gasteiger partial charge in [0.15, 0.2) is 0 Å². The molecule has 0 aromatic heterocycles. The van der Waals surface area contributed by atoms with E-state index in [-0.39, 0.29) is 17.9 Å². The molecule has 0 aliphatic carbocycles. The Morgan fingerprint density at radius 2 is 1.70 bits per heavy atom. The lowest BCUT2D eigenvalue weighted by Gasteiger charge is -2.11. The van der Waals surface area contributed by atoms with E-state index >= 15 is 0 Å². The number of nitrogens with two attached hydrogens (primary N) is 1. The van der Waals surface area contributed by atoms with Crippen LogP contribution in [0.3, 0.4) is 0 Å². The van der Waals surface area contributed by atoms with Gasteiger partial charge in [-0.2, -0.15) is 0 Å². The molecule has 1 atom stereocenters. The van der Waals surface area contributed by atoms with Crippen molar-refractivity contribution in [3.63, 3.8) is 0 Å². The third-order valence-corrected chi connectivity index (χ3v) is 2.91. The molecule has 2 nitrogen and oxygen atoms in total. The summed E-state index contributed by atoms with van der Waals surface area (Å²) in [7, 11) is 0. The molecule has 1 unspecified atom stereocenters. The normalized spacial score (nSPS) is 12.2. The van der Waals surface area contributed by atoms with Crippen molar-refractivity contribution in [1.29, 1.82) is 0 Å². The Bertz CT molecular complexity index is 594. The maximum atomic E-state index is 13.7. The van der Waals surface area contributed by atoms with E-state index in [1.165, 1.54) is 18.2 Å². The Morgan fingerprint density at radius 1 is 1.05 bits per heavy atom. The number of benzene rings is 2. The molecular weight excluding hydrogens is 267 g/mol. The van der Waals surface area contributed by atoms with Gasteiger partial charge in [-0.3, -0.25) is 0 Å². The second-order valence-corrected chi connectivity index (χ2v) is 4.46. The Labute approximate surface area is 115 Å². The molecule has 0 radical (unpaired) electrons. The first-order valence-electron chi connectivity index (χ1n) is 6.09. The maximum Gasteiger partial charge on any atom is 0.132 e. The van der Waals surface area contributed by atoms with E-state index in [9.17, 15) is 13.2 Å². The molecule has 0 saturated heterocycles. The zero-order chi connectivity index (χ0) is 14.7. The van der Waals surface area contributed by atoms with E-state index in [4.69, 9.17) is 10.5 Å². The van der Waals surface area contributed by atoms with Crippen molar-refractivity contribution in [3.8, 4) is 5.75 Å². The predicted octanol–water partition coefficient (Wildman–Crippen LogP) is 3.70. The highest BCUT2D eigenvalue weighted by Gasteiger charge is 2.11. The second-order valence-electron chi connectivity index (χ2n) is 4.46. The van der Waals surface area contributed by atoms with Crippen LogP contribution in [0.2, 0.25) is 0 Å². The van der Waals surface area contributed by atoms with Gasteiger partial charge in [-0.25, -0.2) is 13.2 Å². The van der Waals surface area contributed by atoms with Crippen molar-refractivity contribution in [2.45, 2.75) is 19.6 Å². The summed E-state index contributed by atoms with van der Waals surface area (Å²) in [5.41, 5.74) is 5.75. The topological polar surface area (TPSA) is 35.2 Å². The van der Waals surface area contributed by atoms with Gasteiger partial charge in [-0.15, -0.1) is 0 Å². The van der Waals surface area contributed by atoms with E-state index in [0.29, 0.717) is 5.56 Å². The highest BCUT2D eigenvalue weighted by molar-refractivity contribution is 5.31. The zero-order valence-electron chi connectivity index (χ0n) is 10.9. The number of ether oxygens (including phenoxy) is 1. The molecule has 0 aliphatic rings. The lowest BCUT2D eigenvalue weighted by Crippen LogP contribution is -2.08. The fraction of sp³-hybridized carbons (Fsp3) is 0.200. The average Bonchev–Trinajstić information content (AvgIpc) is 2.37. The Morgan fingerprint density at radius 3 is 2.25 bits per heavy atom. The van der Waals surface area contributed by atoms with Crippen LogP contribution in [0.5, 0.6) is 5.75 Å². The lowest BCUT2D eigenvalue weighted by molar-refractivity contribution is 0.291. The van der Waals surface area contributed by atoms with Crippen LogP contribution in [-0.2, 0) is 6.61 Å².